The summed E-state index contributed by atoms with van der Waals surface area (Å²) in [6.07, 6.45) is 0.000993. The van der Waals surface area contributed by atoms with E-state index in [0.717, 1.165) is 16.7 Å². The predicted molar refractivity (Wildman–Crippen MR) is 140 cm³/mol. The van der Waals surface area contributed by atoms with Gasteiger partial charge >= 0.3 is 0 Å². The van der Waals surface area contributed by atoms with Gasteiger partial charge in [-0.15, -0.1) is 0 Å². The first kappa shape index (κ1) is 27.9. The zero-order valence-corrected chi connectivity index (χ0v) is 22.5. The van der Waals surface area contributed by atoms with E-state index in [1.807, 2.05) is 38.1 Å². The summed E-state index contributed by atoms with van der Waals surface area (Å²) >= 11 is 2.16. The van der Waals surface area contributed by atoms with Crippen LogP contribution < -0.4 is 10.1 Å². The molecule has 3 unspecified atom stereocenters. The van der Waals surface area contributed by atoms with Crippen LogP contribution in [0.1, 0.15) is 20.3 Å². The molecule has 0 bridgehead atoms. The molecular weight excluding hydrogens is 565 g/mol. The van der Waals surface area contributed by atoms with Crippen molar-refractivity contribution in [2.75, 3.05) is 52.5 Å². The Balaban J connectivity index is 1.88. The first-order valence-corrected chi connectivity index (χ1v) is 13.2. The minimum atomic E-state index is -1.02. The molecule has 3 N–H and O–H groups in total. The van der Waals surface area contributed by atoms with Crippen molar-refractivity contribution in [2.24, 2.45) is 5.92 Å². The Morgan fingerprint density at radius 1 is 1.29 bits per heavy atom. The number of amides is 2. The van der Waals surface area contributed by atoms with E-state index in [2.05, 4.69) is 32.8 Å². The molecule has 1 aromatic carbocycles. The number of hydrogen-bond donors (Lipinski definition) is 3. The lowest BCUT2D eigenvalue weighted by Crippen LogP contribution is -2.57. The lowest BCUT2D eigenvalue weighted by Gasteiger charge is -2.42. The number of ether oxygens (including phenoxy) is 2. The molecule has 1 aliphatic carbocycles. The number of nitrogens with zero attached hydrogens (tertiary/aromatic N) is 2. The summed E-state index contributed by atoms with van der Waals surface area (Å²) in [6, 6.07) is 6.83. The number of carbonyl (C=O) groups is 2. The van der Waals surface area contributed by atoms with Gasteiger partial charge in [0.2, 0.25) is 11.8 Å². The topological polar surface area (TPSA) is 112 Å². The molecule has 35 heavy (non-hydrogen) atoms. The number of carbonyl (C=O) groups excluding carboxylic acids is 2. The molecule has 194 valence electrons. The van der Waals surface area contributed by atoms with E-state index >= 15 is 0 Å². The summed E-state index contributed by atoms with van der Waals surface area (Å²) in [5, 5.41) is 23.2. The van der Waals surface area contributed by atoms with Crippen molar-refractivity contribution >= 4 is 34.4 Å². The van der Waals surface area contributed by atoms with Crippen molar-refractivity contribution in [1.82, 2.24) is 15.1 Å². The molecule has 1 aliphatic heterocycles. The van der Waals surface area contributed by atoms with Crippen molar-refractivity contribution in [3.05, 3.63) is 39.5 Å². The molecule has 0 radical (unpaired) electrons. The van der Waals surface area contributed by atoms with Crippen LogP contribution in [-0.2, 0) is 14.3 Å². The SMILES string of the molecule is CC(C)C(=O)N(CCN1CCOCC1)C1CC(C(=O)NCCO)=CC(Oc2ccccc2I)C1O. The summed E-state index contributed by atoms with van der Waals surface area (Å²) in [5.74, 6) is -0.0806. The van der Waals surface area contributed by atoms with Gasteiger partial charge in [0.05, 0.1) is 29.4 Å². The van der Waals surface area contributed by atoms with Crippen LogP contribution in [0.5, 0.6) is 5.75 Å². The van der Waals surface area contributed by atoms with Gasteiger partial charge in [-0.05, 0) is 40.8 Å². The van der Waals surface area contributed by atoms with Gasteiger partial charge in [-0.25, -0.2) is 0 Å². The molecule has 1 aromatic rings. The fourth-order valence-corrected chi connectivity index (χ4v) is 4.83. The standard InChI is InChI=1S/C25H36IN3O6/c1-17(2)25(33)29(9-8-28-10-13-34-14-11-28)20-15-18(24(32)27-7-12-30)16-22(23(20)31)35-21-6-4-3-5-19(21)26/h3-6,16-17,20,22-23,30-31H,7-15H2,1-2H3,(H,27,32). The van der Waals surface area contributed by atoms with Gasteiger partial charge in [0.15, 0.2) is 0 Å². The smallest absolute Gasteiger partial charge is 0.247 e. The fourth-order valence-electron chi connectivity index (χ4n) is 4.31. The van der Waals surface area contributed by atoms with E-state index in [9.17, 15) is 14.7 Å². The van der Waals surface area contributed by atoms with Crippen LogP contribution in [0.25, 0.3) is 0 Å². The summed E-state index contributed by atoms with van der Waals surface area (Å²) in [7, 11) is 0. The summed E-state index contributed by atoms with van der Waals surface area (Å²) in [4.78, 5) is 30.1. The summed E-state index contributed by atoms with van der Waals surface area (Å²) in [6.45, 7) is 7.62. The highest BCUT2D eigenvalue weighted by atomic mass is 127. The molecule has 1 heterocycles. The van der Waals surface area contributed by atoms with Gasteiger partial charge in [-0.2, -0.15) is 0 Å². The number of benzene rings is 1. The van der Waals surface area contributed by atoms with E-state index in [0.29, 0.717) is 37.6 Å². The van der Waals surface area contributed by atoms with Crippen molar-refractivity contribution in [3.63, 3.8) is 0 Å². The van der Waals surface area contributed by atoms with Crippen LogP contribution >= 0.6 is 22.6 Å². The molecule has 2 amide bonds. The predicted octanol–water partition coefficient (Wildman–Crippen LogP) is 1.02. The molecule has 3 atom stereocenters. The normalized spacial score (nSPS) is 23.0. The second kappa shape index (κ2) is 13.5. The number of aliphatic hydroxyl groups is 2. The molecule has 0 aromatic heterocycles. The molecular formula is C25H36IN3O6. The number of aliphatic hydroxyl groups excluding tert-OH is 2. The second-order valence-corrected chi connectivity index (χ2v) is 10.2. The molecule has 1 fully saturated rings. The van der Waals surface area contributed by atoms with Gasteiger partial charge in [0.1, 0.15) is 18.0 Å². The highest BCUT2D eigenvalue weighted by Crippen LogP contribution is 2.30. The lowest BCUT2D eigenvalue weighted by molar-refractivity contribution is -0.142. The highest BCUT2D eigenvalue weighted by Gasteiger charge is 2.41. The van der Waals surface area contributed by atoms with Crippen molar-refractivity contribution < 1.29 is 29.3 Å². The largest absolute Gasteiger partial charge is 0.482 e. The van der Waals surface area contributed by atoms with E-state index in [-0.39, 0.29) is 37.3 Å². The van der Waals surface area contributed by atoms with Crippen molar-refractivity contribution in [1.29, 1.82) is 0 Å². The average Bonchev–Trinajstić information content (AvgIpc) is 2.86. The Morgan fingerprint density at radius 2 is 2.00 bits per heavy atom. The zero-order chi connectivity index (χ0) is 25.4. The Labute approximate surface area is 220 Å². The lowest BCUT2D eigenvalue weighted by atomic mass is 9.87. The minimum absolute atomic E-state index is 0.0765. The molecule has 2 aliphatic rings. The maximum absolute atomic E-state index is 13.3. The monoisotopic (exact) mass is 601 g/mol. The first-order valence-electron chi connectivity index (χ1n) is 12.1. The third-order valence-corrected chi connectivity index (χ3v) is 7.14. The van der Waals surface area contributed by atoms with Gasteiger partial charge in [0.25, 0.3) is 0 Å². The summed E-state index contributed by atoms with van der Waals surface area (Å²) < 4.78 is 12.5. The van der Waals surface area contributed by atoms with Crippen LogP contribution in [0.3, 0.4) is 0 Å². The Morgan fingerprint density at radius 3 is 2.66 bits per heavy atom. The quantitative estimate of drug-likeness (QED) is 0.344. The number of morpholine rings is 1. The minimum Gasteiger partial charge on any atom is -0.482 e. The number of rotatable bonds is 10. The van der Waals surface area contributed by atoms with Gasteiger partial charge in [-0.1, -0.05) is 26.0 Å². The summed E-state index contributed by atoms with van der Waals surface area (Å²) in [5.41, 5.74) is 0.428. The number of halogens is 1. The Hall–Kier alpha value is -1.73. The van der Waals surface area contributed by atoms with E-state index in [1.54, 1.807) is 11.0 Å². The van der Waals surface area contributed by atoms with Crippen LogP contribution in [0.2, 0.25) is 0 Å². The molecule has 10 heteroatoms. The van der Waals surface area contributed by atoms with E-state index in [1.165, 1.54) is 0 Å². The molecule has 3 rings (SSSR count). The highest BCUT2D eigenvalue weighted by molar-refractivity contribution is 14.1. The third kappa shape index (κ3) is 7.63. The average molecular weight is 601 g/mol. The van der Waals surface area contributed by atoms with Crippen molar-refractivity contribution in [3.8, 4) is 5.75 Å². The second-order valence-electron chi connectivity index (χ2n) is 9.09. The maximum atomic E-state index is 13.3. The van der Waals surface area contributed by atoms with Gasteiger partial charge < -0.3 is 29.9 Å². The third-order valence-electron chi connectivity index (χ3n) is 6.25. The van der Waals surface area contributed by atoms with Gasteiger partial charge in [-0.3, -0.25) is 14.5 Å². The molecule has 0 spiro atoms. The number of nitrogens with one attached hydrogen (secondary N) is 1. The Kier molecular flexibility index (Phi) is 10.8. The zero-order valence-electron chi connectivity index (χ0n) is 20.4. The fraction of sp³-hybridized carbons (Fsp3) is 0.600. The van der Waals surface area contributed by atoms with E-state index in [4.69, 9.17) is 14.6 Å². The van der Waals surface area contributed by atoms with Crippen LogP contribution in [-0.4, -0.2) is 103 Å². The number of para-hydroxylation sites is 1. The van der Waals surface area contributed by atoms with Crippen LogP contribution in [0.15, 0.2) is 35.9 Å². The molecule has 1 saturated heterocycles. The van der Waals surface area contributed by atoms with E-state index < -0.39 is 18.2 Å². The number of hydrogen-bond acceptors (Lipinski definition) is 7. The van der Waals surface area contributed by atoms with Gasteiger partial charge in [0, 0.05) is 50.6 Å². The van der Waals surface area contributed by atoms with Crippen molar-refractivity contribution in [2.45, 2.75) is 38.5 Å². The Bertz CT molecular complexity index is 890. The van der Waals surface area contributed by atoms with Crippen LogP contribution in [0, 0.1) is 9.49 Å². The van der Waals surface area contributed by atoms with Crippen LogP contribution in [0.4, 0.5) is 0 Å². The molecule has 9 nitrogen and oxygen atoms in total. The first-order chi connectivity index (χ1) is 16.8. The molecule has 0 saturated carbocycles. The maximum Gasteiger partial charge on any atom is 0.247 e.